The molecule has 1 unspecified atom stereocenters. The molecule has 2 saturated heterocycles. The van der Waals surface area contributed by atoms with E-state index in [1.54, 1.807) is 67.6 Å². The molecule has 8 rings (SSSR count). The summed E-state index contributed by atoms with van der Waals surface area (Å²) in [5, 5.41) is 19.4. The molecule has 6 aromatic rings. The zero-order valence-electron chi connectivity index (χ0n) is 43.3. The monoisotopic (exact) mass is 1040 g/mol. The van der Waals surface area contributed by atoms with Crippen molar-refractivity contribution >= 4 is 52.1 Å². The molecule has 0 radical (unpaired) electrons. The lowest BCUT2D eigenvalue weighted by Crippen LogP contribution is -2.63. The lowest BCUT2D eigenvalue weighted by atomic mass is 9.96. The van der Waals surface area contributed by atoms with Gasteiger partial charge in [0.15, 0.2) is 0 Å². The minimum Gasteiger partial charge on any atom is -0.489 e. The van der Waals surface area contributed by atoms with E-state index >= 15 is 14.4 Å². The second kappa shape index (κ2) is 26.9. The van der Waals surface area contributed by atoms with Crippen LogP contribution in [0.4, 0.5) is 0 Å². The number of nitrogens with zero attached hydrogens (tertiary/aromatic N) is 1. The van der Waals surface area contributed by atoms with Crippen LogP contribution in [0.15, 0.2) is 158 Å². The largest absolute Gasteiger partial charge is 0.489 e. The Kier molecular flexibility index (Phi) is 19.2. The third-order valence-electron chi connectivity index (χ3n) is 14.2. The molecule has 2 fully saturated rings. The number of fused-ring (bicyclic) bond motifs is 2. The Morgan fingerprint density at radius 1 is 0.532 bits per heavy atom. The van der Waals surface area contributed by atoms with Gasteiger partial charge in [0.25, 0.3) is 0 Å². The number of hydrogen-bond donors (Lipinski definition) is 7. The van der Waals surface area contributed by atoms with Crippen molar-refractivity contribution in [2.75, 3.05) is 19.6 Å². The van der Waals surface area contributed by atoms with E-state index in [0.717, 1.165) is 16.3 Å². The molecular formula is C61H68N8O8. The predicted molar refractivity (Wildman–Crippen MR) is 294 cm³/mol. The summed E-state index contributed by atoms with van der Waals surface area (Å²) in [6, 6.07) is 40.6. The van der Waals surface area contributed by atoms with Crippen LogP contribution in [-0.2, 0) is 65.9 Å². The van der Waals surface area contributed by atoms with Crippen molar-refractivity contribution in [3.05, 3.63) is 186 Å². The van der Waals surface area contributed by atoms with E-state index in [0.29, 0.717) is 54.0 Å². The summed E-state index contributed by atoms with van der Waals surface area (Å²) in [6.45, 7) is 2.65. The average Bonchev–Trinajstić information content (AvgIpc) is 3.91. The van der Waals surface area contributed by atoms with Gasteiger partial charge in [-0.3, -0.25) is 33.6 Å². The number of benzene rings is 6. The Hall–Kier alpha value is -8.37. The lowest BCUT2D eigenvalue weighted by molar-refractivity contribution is -0.145. The molecule has 2 aliphatic heterocycles. The Balaban J connectivity index is 1.20. The zero-order chi connectivity index (χ0) is 54.1. The molecule has 77 heavy (non-hydrogen) atoms. The van der Waals surface area contributed by atoms with E-state index in [1.165, 1.54) is 4.90 Å². The van der Waals surface area contributed by atoms with Gasteiger partial charge in [0, 0.05) is 38.8 Å². The van der Waals surface area contributed by atoms with E-state index in [1.807, 2.05) is 97.1 Å². The van der Waals surface area contributed by atoms with Crippen LogP contribution in [0.3, 0.4) is 0 Å². The van der Waals surface area contributed by atoms with Crippen LogP contribution in [-0.4, -0.2) is 102 Å². The van der Waals surface area contributed by atoms with Gasteiger partial charge in [-0.2, -0.15) is 0 Å². The van der Waals surface area contributed by atoms with Crippen LogP contribution >= 0.6 is 0 Å². The normalized spacial score (nSPS) is 21.6. The molecule has 2 heterocycles. The molecule has 8 N–H and O–H groups in total. The number of amides is 7. The van der Waals surface area contributed by atoms with E-state index in [4.69, 9.17) is 10.5 Å². The highest BCUT2D eigenvalue weighted by atomic mass is 16.5. The van der Waals surface area contributed by atoms with Crippen LogP contribution in [0, 0.1) is 5.92 Å². The first-order valence-corrected chi connectivity index (χ1v) is 26.6. The molecule has 16 heteroatoms. The van der Waals surface area contributed by atoms with Gasteiger partial charge in [-0.05, 0) is 89.9 Å². The summed E-state index contributed by atoms with van der Waals surface area (Å²) in [7, 11) is 0. The number of rotatable bonds is 17. The summed E-state index contributed by atoms with van der Waals surface area (Å²) in [5.41, 5.74) is 9.65. The van der Waals surface area contributed by atoms with Crippen LogP contribution < -0.4 is 42.4 Å². The Labute approximate surface area is 449 Å². The minimum atomic E-state index is -1.40. The van der Waals surface area contributed by atoms with E-state index in [-0.39, 0.29) is 51.6 Å². The van der Waals surface area contributed by atoms with Gasteiger partial charge >= 0.3 is 0 Å². The van der Waals surface area contributed by atoms with Crippen molar-refractivity contribution in [1.29, 1.82) is 0 Å². The summed E-state index contributed by atoms with van der Waals surface area (Å²) < 4.78 is 6.04. The Morgan fingerprint density at radius 3 is 1.58 bits per heavy atom. The maximum atomic E-state index is 15.3. The molecular weight excluding hydrogens is 973 g/mol. The van der Waals surface area contributed by atoms with Crippen molar-refractivity contribution in [3.8, 4) is 5.75 Å². The molecule has 0 bridgehead atoms. The fraction of sp³-hybridized carbons (Fsp3) is 0.328. The van der Waals surface area contributed by atoms with Crippen molar-refractivity contribution in [1.82, 2.24) is 36.8 Å². The first-order chi connectivity index (χ1) is 37.5. The maximum Gasteiger partial charge on any atom is 0.246 e. The number of ether oxygens (including phenoxy) is 1. The fourth-order valence-electron chi connectivity index (χ4n) is 10.1. The van der Waals surface area contributed by atoms with Gasteiger partial charge in [0.05, 0.1) is 5.92 Å². The Bertz CT molecular complexity index is 2980. The van der Waals surface area contributed by atoms with E-state index < -0.39 is 83.5 Å². The quantitative estimate of drug-likeness (QED) is 0.0632. The standard InChI is InChI=1S/C61H68N8O8/c1-2-63-55(70)48-31-33-69-54(48)60(75)67-51(35-40-16-6-3-7-17-40)58(73)66-52(38-44-25-28-45-22-12-13-23-46(45)34-44)57(72)64-49(24-14-15-32-62)56(71)65-50(59(74)68-53(61(69)76)37-41-18-8-4-9-19-41)36-42-26-29-47(30-27-42)77-39-43-20-10-5-11-21-43/h3-13,16-23,25-30,34,48-54H,2,14-15,24,31-33,35-39,62H2,1H3,(H,63,70)(H,64,72)(H,65,71)(H,66,73)(H,67,75)(H,68,74)/t48?,49-,50-,51-,52-,53-,54-/m0/s1. The Morgan fingerprint density at radius 2 is 1.00 bits per heavy atom. The number of unbranched alkanes of at least 4 members (excludes halogenated alkanes) is 1. The van der Waals surface area contributed by atoms with Crippen LogP contribution in [0.1, 0.15) is 60.4 Å². The number of carbonyl (C=O) groups excluding carboxylic acids is 7. The minimum absolute atomic E-state index is 0.00535. The second-order valence-corrected chi connectivity index (χ2v) is 19.7. The third kappa shape index (κ3) is 14.9. The number of nitrogens with one attached hydrogen (secondary N) is 6. The maximum absolute atomic E-state index is 15.3. The summed E-state index contributed by atoms with van der Waals surface area (Å²) in [5.74, 6) is -5.03. The highest BCUT2D eigenvalue weighted by Crippen LogP contribution is 2.28. The molecule has 0 saturated carbocycles. The smallest absolute Gasteiger partial charge is 0.246 e. The SMILES string of the molecule is CCNC(=O)C1CCN2C(=O)[C@H](Cc3ccccc3)NC(=O)[C@H](Cc3ccc(OCc4ccccc4)cc3)NC(=O)[C@H](CCCCN)NC(=O)[C@H](Cc3ccc4ccccc4c3)NC(=O)[C@H](Cc3ccccc3)NC(=O)[C@H]12. The molecule has 0 spiro atoms. The zero-order valence-corrected chi connectivity index (χ0v) is 43.3. The van der Waals surface area contributed by atoms with Gasteiger partial charge in [-0.25, -0.2) is 0 Å². The molecule has 400 valence electrons. The highest BCUT2D eigenvalue weighted by Gasteiger charge is 2.48. The molecule has 0 aromatic heterocycles. The van der Waals surface area contributed by atoms with Crippen molar-refractivity contribution < 1.29 is 38.3 Å². The molecule has 6 aromatic carbocycles. The van der Waals surface area contributed by atoms with Crippen molar-refractivity contribution in [3.63, 3.8) is 0 Å². The second-order valence-electron chi connectivity index (χ2n) is 19.7. The third-order valence-corrected chi connectivity index (χ3v) is 14.2. The summed E-state index contributed by atoms with van der Waals surface area (Å²) >= 11 is 0. The fourth-order valence-corrected chi connectivity index (χ4v) is 10.1. The van der Waals surface area contributed by atoms with Crippen LogP contribution in [0.5, 0.6) is 5.75 Å². The molecule has 16 nitrogen and oxygen atoms in total. The molecule has 2 aliphatic rings. The first kappa shape index (κ1) is 54.9. The topological polar surface area (TPSA) is 230 Å². The predicted octanol–water partition coefficient (Wildman–Crippen LogP) is 4.61. The molecule has 7 atom stereocenters. The lowest BCUT2D eigenvalue weighted by Gasteiger charge is -2.33. The average molecular weight is 1040 g/mol. The number of nitrogens with two attached hydrogens (primary N) is 1. The van der Waals surface area contributed by atoms with Gasteiger partial charge in [-0.1, -0.05) is 146 Å². The summed E-state index contributed by atoms with van der Waals surface area (Å²) in [6.07, 6.45) is 1.15. The van der Waals surface area contributed by atoms with Crippen LogP contribution in [0.25, 0.3) is 10.8 Å². The van der Waals surface area contributed by atoms with Gasteiger partial charge in [-0.15, -0.1) is 0 Å². The first-order valence-electron chi connectivity index (χ1n) is 26.6. The van der Waals surface area contributed by atoms with E-state index in [9.17, 15) is 19.2 Å². The molecule has 7 amide bonds. The molecule has 0 aliphatic carbocycles. The van der Waals surface area contributed by atoms with Crippen molar-refractivity contribution in [2.45, 2.75) is 101 Å². The van der Waals surface area contributed by atoms with Gasteiger partial charge in [0.1, 0.15) is 48.6 Å². The summed E-state index contributed by atoms with van der Waals surface area (Å²) in [4.78, 5) is 105. The van der Waals surface area contributed by atoms with Crippen molar-refractivity contribution in [2.24, 2.45) is 11.7 Å². The number of carbonyl (C=O) groups is 7. The van der Waals surface area contributed by atoms with Crippen LogP contribution in [0.2, 0.25) is 0 Å². The van der Waals surface area contributed by atoms with Gasteiger partial charge in [0.2, 0.25) is 41.4 Å². The number of hydrogen-bond acceptors (Lipinski definition) is 9. The van der Waals surface area contributed by atoms with Gasteiger partial charge < -0.3 is 47.3 Å². The van der Waals surface area contributed by atoms with E-state index in [2.05, 4.69) is 31.9 Å². The highest BCUT2D eigenvalue weighted by molar-refractivity contribution is 6.00.